The monoisotopic (exact) mass is 408 g/mol. The number of carbonyl (C=O) groups is 1. The topological polar surface area (TPSA) is 51.0 Å². The minimum absolute atomic E-state index is 0.107. The molecule has 5 rings (SSSR count). The lowest BCUT2D eigenvalue weighted by Crippen LogP contribution is -2.39. The van der Waals surface area contributed by atoms with Gasteiger partial charge in [-0.25, -0.2) is 4.68 Å². The molecule has 0 fully saturated rings. The third-order valence-electron chi connectivity index (χ3n) is 6.00. The van der Waals surface area contributed by atoms with Gasteiger partial charge < -0.3 is 4.90 Å². The van der Waals surface area contributed by atoms with E-state index < -0.39 is 5.41 Å². The van der Waals surface area contributed by atoms with Crippen LogP contribution in [-0.2, 0) is 29.7 Å². The molecule has 0 saturated carbocycles. The molecule has 0 aliphatic carbocycles. The van der Waals surface area contributed by atoms with Gasteiger partial charge in [-0.1, -0.05) is 84.1 Å². The van der Waals surface area contributed by atoms with E-state index in [0.717, 1.165) is 22.5 Å². The van der Waals surface area contributed by atoms with E-state index in [-0.39, 0.29) is 5.91 Å². The zero-order valence-electron chi connectivity index (χ0n) is 17.5. The Balaban J connectivity index is 1.42. The quantitative estimate of drug-likeness (QED) is 0.476. The third kappa shape index (κ3) is 3.63. The van der Waals surface area contributed by atoms with Crippen LogP contribution >= 0.6 is 0 Å². The van der Waals surface area contributed by atoms with Gasteiger partial charge in [0, 0.05) is 18.3 Å². The molecule has 0 unspecified atom stereocenters. The van der Waals surface area contributed by atoms with Crippen LogP contribution in [0.2, 0.25) is 0 Å². The predicted molar refractivity (Wildman–Crippen MR) is 121 cm³/mol. The molecular weight excluding hydrogens is 384 g/mol. The Labute approximate surface area is 182 Å². The van der Waals surface area contributed by atoms with E-state index >= 15 is 0 Å². The summed E-state index contributed by atoms with van der Waals surface area (Å²) in [7, 11) is 0. The molecule has 154 valence electrons. The molecular formula is C26H24N4O. The molecule has 5 heteroatoms. The number of amides is 1. The molecule has 0 N–H and O–H groups in total. The second-order valence-electron chi connectivity index (χ2n) is 8.30. The van der Waals surface area contributed by atoms with Crippen LogP contribution in [0.4, 0.5) is 5.69 Å². The lowest BCUT2D eigenvalue weighted by molar-refractivity contribution is -0.122. The van der Waals surface area contributed by atoms with Gasteiger partial charge in [-0.3, -0.25) is 4.79 Å². The van der Waals surface area contributed by atoms with Crippen LogP contribution in [0.3, 0.4) is 0 Å². The molecule has 1 amide bonds. The average molecular weight is 409 g/mol. The lowest BCUT2D eigenvalue weighted by atomic mass is 9.80. The lowest BCUT2D eigenvalue weighted by Gasteiger charge is -2.23. The molecule has 1 atom stereocenters. The van der Waals surface area contributed by atoms with Crippen LogP contribution in [0.25, 0.3) is 0 Å². The number of carbonyl (C=O) groups excluding carboxylic acids is 1. The van der Waals surface area contributed by atoms with E-state index in [0.29, 0.717) is 19.5 Å². The SMILES string of the molecule is C[C@]1(Cc2cn(Cc3ccccc3)nn2)C(=O)N(Cc2ccccc2)c2ccccc21. The van der Waals surface area contributed by atoms with Crippen molar-refractivity contribution in [1.82, 2.24) is 15.0 Å². The molecule has 0 bridgehead atoms. The van der Waals surface area contributed by atoms with E-state index in [1.54, 1.807) is 0 Å². The second kappa shape index (κ2) is 7.84. The number of aromatic nitrogens is 3. The number of para-hydroxylation sites is 1. The predicted octanol–water partition coefficient (Wildman–Crippen LogP) is 4.37. The summed E-state index contributed by atoms with van der Waals surface area (Å²) in [6.45, 7) is 3.25. The Morgan fingerprint density at radius 3 is 2.13 bits per heavy atom. The number of fused-ring (bicyclic) bond motifs is 1. The summed E-state index contributed by atoms with van der Waals surface area (Å²) in [5.74, 6) is 0.107. The average Bonchev–Trinajstić information content (AvgIpc) is 3.32. The third-order valence-corrected chi connectivity index (χ3v) is 6.00. The summed E-state index contributed by atoms with van der Waals surface area (Å²) in [4.78, 5) is 15.6. The Bertz CT molecular complexity index is 1200. The van der Waals surface area contributed by atoms with Crippen LogP contribution in [0, 0.1) is 0 Å². The van der Waals surface area contributed by atoms with E-state index in [4.69, 9.17) is 0 Å². The summed E-state index contributed by atoms with van der Waals surface area (Å²) >= 11 is 0. The van der Waals surface area contributed by atoms with Crippen molar-refractivity contribution in [1.29, 1.82) is 0 Å². The van der Waals surface area contributed by atoms with Crippen LogP contribution in [-0.4, -0.2) is 20.9 Å². The summed E-state index contributed by atoms with van der Waals surface area (Å²) in [6.07, 6.45) is 2.47. The Kier molecular flexibility index (Phi) is 4.86. The molecule has 2 heterocycles. The largest absolute Gasteiger partial charge is 0.307 e. The summed E-state index contributed by atoms with van der Waals surface area (Å²) in [6, 6.07) is 28.4. The molecule has 0 saturated heterocycles. The van der Waals surface area contributed by atoms with Gasteiger partial charge in [0.15, 0.2) is 0 Å². The first-order valence-corrected chi connectivity index (χ1v) is 10.5. The highest BCUT2D eigenvalue weighted by Gasteiger charge is 2.47. The number of nitrogens with zero attached hydrogens (tertiary/aromatic N) is 4. The van der Waals surface area contributed by atoms with Gasteiger partial charge in [0.1, 0.15) is 0 Å². The van der Waals surface area contributed by atoms with Gasteiger partial charge in [-0.15, -0.1) is 5.10 Å². The van der Waals surface area contributed by atoms with Gasteiger partial charge in [0.05, 0.1) is 24.2 Å². The zero-order valence-corrected chi connectivity index (χ0v) is 17.5. The van der Waals surface area contributed by atoms with Crippen molar-refractivity contribution in [2.75, 3.05) is 4.90 Å². The van der Waals surface area contributed by atoms with E-state index in [1.807, 2.05) is 77.3 Å². The zero-order chi connectivity index (χ0) is 21.3. The van der Waals surface area contributed by atoms with Crippen molar-refractivity contribution in [3.63, 3.8) is 0 Å². The van der Waals surface area contributed by atoms with E-state index in [9.17, 15) is 4.79 Å². The van der Waals surface area contributed by atoms with E-state index in [1.165, 1.54) is 5.56 Å². The number of rotatable bonds is 6. The van der Waals surface area contributed by atoms with Crippen molar-refractivity contribution < 1.29 is 4.79 Å². The number of hydrogen-bond donors (Lipinski definition) is 0. The molecule has 0 radical (unpaired) electrons. The number of benzene rings is 3. The smallest absolute Gasteiger partial charge is 0.238 e. The summed E-state index contributed by atoms with van der Waals surface area (Å²) < 4.78 is 1.83. The normalized spacial score (nSPS) is 17.7. The molecule has 1 aliphatic rings. The van der Waals surface area contributed by atoms with Gasteiger partial charge in [-0.05, 0) is 29.7 Å². The molecule has 1 aromatic heterocycles. The van der Waals surface area contributed by atoms with Gasteiger partial charge in [0.2, 0.25) is 5.91 Å². The van der Waals surface area contributed by atoms with Crippen LogP contribution in [0.5, 0.6) is 0 Å². The first kappa shape index (κ1) is 19.2. The fourth-order valence-corrected chi connectivity index (χ4v) is 4.42. The maximum absolute atomic E-state index is 13.7. The first-order valence-electron chi connectivity index (χ1n) is 10.5. The molecule has 3 aromatic carbocycles. The van der Waals surface area contributed by atoms with Crippen LogP contribution in [0.1, 0.15) is 29.3 Å². The summed E-state index contributed by atoms with van der Waals surface area (Å²) in [5, 5.41) is 8.67. The maximum atomic E-state index is 13.7. The van der Waals surface area contributed by atoms with Crippen molar-refractivity contribution in [3.05, 3.63) is 114 Å². The van der Waals surface area contributed by atoms with Crippen molar-refractivity contribution in [3.8, 4) is 0 Å². The minimum Gasteiger partial charge on any atom is -0.307 e. The van der Waals surface area contributed by atoms with Gasteiger partial charge in [0.25, 0.3) is 0 Å². The molecule has 4 aromatic rings. The maximum Gasteiger partial charge on any atom is 0.238 e. The molecule has 5 nitrogen and oxygen atoms in total. The van der Waals surface area contributed by atoms with Crippen molar-refractivity contribution in [2.24, 2.45) is 0 Å². The highest BCUT2D eigenvalue weighted by molar-refractivity contribution is 6.07. The van der Waals surface area contributed by atoms with Crippen LogP contribution < -0.4 is 4.90 Å². The Morgan fingerprint density at radius 1 is 0.806 bits per heavy atom. The van der Waals surface area contributed by atoms with Crippen molar-refractivity contribution in [2.45, 2.75) is 31.8 Å². The standard InChI is InChI=1S/C26H24N4O/c1-26(16-22-19-29(28-27-22)17-20-10-4-2-5-11-20)23-14-8-9-15-24(23)30(25(26)31)18-21-12-6-3-7-13-21/h2-15,19H,16-18H2,1H3/t26-/m1/s1. The van der Waals surface area contributed by atoms with Crippen molar-refractivity contribution >= 4 is 11.6 Å². The second-order valence-corrected chi connectivity index (χ2v) is 8.30. The number of anilines is 1. The Hall–Kier alpha value is -3.73. The molecule has 1 aliphatic heterocycles. The van der Waals surface area contributed by atoms with Gasteiger partial charge >= 0.3 is 0 Å². The highest BCUT2D eigenvalue weighted by atomic mass is 16.2. The minimum atomic E-state index is -0.668. The van der Waals surface area contributed by atoms with Crippen LogP contribution in [0.15, 0.2) is 91.1 Å². The van der Waals surface area contributed by atoms with Gasteiger partial charge in [-0.2, -0.15) is 0 Å². The molecule has 0 spiro atoms. The fourth-order valence-electron chi connectivity index (χ4n) is 4.42. The Morgan fingerprint density at radius 2 is 1.42 bits per heavy atom. The fraction of sp³-hybridized carbons (Fsp3) is 0.192. The first-order chi connectivity index (χ1) is 15.1. The number of hydrogen-bond acceptors (Lipinski definition) is 3. The summed E-state index contributed by atoms with van der Waals surface area (Å²) in [5.41, 5.74) is 4.47. The molecule has 31 heavy (non-hydrogen) atoms. The highest BCUT2D eigenvalue weighted by Crippen LogP contribution is 2.44. The van der Waals surface area contributed by atoms with E-state index in [2.05, 4.69) is 40.6 Å².